The van der Waals surface area contributed by atoms with E-state index in [1.807, 2.05) is 0 Å². The molecule has 0 amide bonds. The van der Waals surface area contributed by atoms with Gasteiger partial charge in [0.15, 0.2) is 0 Å². The molecule has 6 heteroatoms. The number of carboxylic acid groups (broad SMARTS) is 1. The van der Waals surface area contributed by atoms with Gasteiger partial charge >= 0.3 is 5.97 Å². The van der Waals surface area contributed by atoms with Crippen molar-refractivity contribution in [1.29, 1.82) is 0 Å². The number of carboxylic acids is 1. The standard InChI is InChI=1S/C11H21NO4S/c1-2-17(15,16)12(9-8-11(13)14)10-6-4-3-5-7-10/h10H,2-9H2,1H3,(H,13,14). The molecule has 0 atom stereocenters. The lowest BCUT2D eigenvalue weighted by atomic mass is 9.95. The van der Waals surface area contributed by atoms with E-state index in [0.717, 1.165) is 32.1 Å². The van der Waals surface area contributed by atoms with Gasteiger partial charge in [-0.1, -0.05) is 19.3 Å². The molecule has 1 aliphatic rings. The molecule has 0 aromatic carbocycles. The van der Waals surface area contributed by atoms with Crippen LogP contribution in [0.25, 0.3) is 0 Å². The van der Waals surface area contributed by atoms with Gasteiger partial charge in [0.1, 0.15) is 0 Å². The highest BCUT2D eigenvalue weighted by molar-refractivity contribution is 7.89. The lowest BCUT2D eigenvalue weighted by Crippen LogP contribution is -2.43. The van der Waals surface area contributed by atoms with Crippen LogP contribution in [-0.4, -0.2) is 42.1 Å². The largest absolute Gasteiger partial charge is 0.481 e. The molecule has 0 spiro atoms. The molecule has 17 heavy (non-hydrogen) atoms. The quantitative estimate of drug-likeness (QED) is 0.787. The molecule has 0 aromatic heterocycles. The van der Waals surface area contributed by atoms with Gasteiger partial charge in [0.2, 0.25) is 10.0 Å². The zero-order valence-electron chi connectivity index (χ0n) is 10.3. The molecule has 1 fully saturated rings. The highest BCUT2D eigenvalue weighted by Gasteiger charge is 2.29. The van der Waals surface area contributed by atoms with Gasteiger partial charge in [0.05, 0.1) is 12.2 Å². The van der Waals surface area contributed by atoms with Crippen LogP contribution >= 0.6 is 0 Å². The average Bonchev–Trinajstić information content (AvgIpc) is 2.30. The van der Waals surface area contributed by atoms with Gasteiger partial charge in [0, 0.05) is 12.6 Å². The van der Waals surface area contributed by atoms with Crippen LogP contribution in [0.3, 0.4) is 0 Å². The van der Waals surface area contributed by atoms with Crippen molar-refractivity contribution in [3.8, 4) is 0 Å². The van der Waals surface area contributed by atoms with Crippen molar-refractivity contribution >= 4 is 16.0 Å². The predicted octanol–water partition coefficient (Wildman–Crippen LogP) is 1.45. The molecule has 0 bridgehead atoms. The first kappa shape index (κ1) is 14.4. The molecule has 0 aromatic rings. The molecular weight excluding hydrogens is 242 g/mol. The van der Waals surface area contributed by atoms with Gasteiger partial charge in [-0.3, -0.25) is 4.79 Å². The molecule has 0 radical (unpaired) electrons. The third kappa shape index (κ3) is 4.27. The molecule has 0 saturated heterocycles. The lowest BCUT2D eigenvalue weighted by molar-refractivity contribution is -0.137. The van der Waals surface area contributed by atoms with Crippen LogP contribution < -0.4 is 0 Å². The Hall–Kier alpha value is -0.620. The van der Waals surface area contributed by atoms with Crippen LogP contribution in [0.4, 0.5) is 0 Å². The maximum absolute atomic E-state index is 11.9. The van der Waals surface area contributed by atoms with Crippen LogP contribution in [0, 0.1) is 0 Å². The molecule has 0 aliphatic heterocycles. The fraction of sp³-hybridized carbons (Fsp3) is 0.909. The molecule has 0 unspecified atom stereocenters. The van der Waals surface area contributed by atoms with Gasteiger partial charge in [-0.05, 0) is 19.8 Å². The minimum absolute atomic E-state index is 0.00745. The smallest absolute Gasteiger partial charge is 0.304 e. The van der Waals surface area contributed by atoms with Crippen LogP contribution in [0.15, 0.2) is 0 Å². The summed E-state index contributed by atoms with van der Waals surface area (Å²) >= 11 is 0. The summed E-state index contributed by atoms with van der Waals surface area (Å²) in [5.74, 6) is -0.902. The zero-order valence-corrected chi connectivity index (χ0v) is 11.1. The van der Waals surface area contributed by atoms with Crippen molar-refractivity contribution in [2.24, 2.45) is 0 Å². The van der Waals surface area contributed by atoms with Crippen molar-refractivity contribution in [2.45, 2.75) is 51.5 Å². The summed E-state index contributed by atoms with van der Waals surface area (Å²) in [5, 5.41) is 8.68. The molecule has 1 saturated carbocycles. The Morgan fingerprint density at radius 3 is 2.35 bits per heavy atom. The van der Waals surface area contributed by atoms with Crippen molar-refractivity contribution in [3.63, 3.8) is 0 Å². The third-order valence-corrected chi connectivity index (χ3v) is 5.18. The summed E-state index contributed by atoms with van der Waals surface area (Å²) < 4.78 is 25.3. The Kier molecular flexibility index (Phi) is 5.39. The Labute approximate surface area is 103 Å². The number of carbonyl (C=O) groups is 1. The minimum Gasteiger partial charge on any atom is -0.481 e. The second-order valence-corrected chi connectivity index (χ2v) is 6.66. The summed E-state index contributed by atoms with van der Waals surface area (Å²) in [6, 6.07) is 0.00745. The molecule has 1 rings (SSSR count). The van der Waals surface area contributed by atoms with Gasteiger partial charge in [-0.2, -0.15) is 4.31 Å². The molecule has 100 valence electrons. The highest BCUT2D eigenvalue weighted by Crippen LogP contribution is 2.25. The second-order valence-electron chi connectivity index (χ2n) is 4.45. The first-order valence-corrected chi connectivity index (χ1v) is 7.79. The minimum atomic E-state index is -3.29. The summed E-state index contributed by atoms with van der Waals surface area (Å²) in [6.07, 6.45) is 4.82. The van der Waals surface area contributed by atoms with Crippen molar-refractivity contribution in [3.05, 3.63) is 0 Å². The van der Waals surface area contributed by atoms with E-state index < -0.39 is 16.0 Å². The fourth-order valence-corrected chi connectivity index (χ4v) is 3.66. The van der Waals surface area contributed by atoms with Crippen LogP contribution in [0.2, 0.25) is 0 Å². The number of hydrogen-bond donors (Lipinski definition) is 1. The Morgan fingerprint density at radius 1 is 1.29 bits per heavy atom. The summed E-state index contributed by atoms with van der Waals surface area (Å²) in [4.78, 5) is 10.6. The maximum Gasteiger partial charge on any atom is 0.304 e. The Bertz CT molecular complexity index is 346. The lowest BCUT2D eigenvalue weighted by Gasteiger charge is -2.32. The van der Waals surface area contributed by atoms with Crippen LogP contribution in [-0.2, 0) is 14.8 Å². The van der Waals surface area contributed by atoms with E-state index >= 15 is 0 Å². The van der Waals surface area contributed by atoms with Gasteiger partial charge in [-0.25, -0.2) is 8.42 Å². The van der Waals surface area contributed by atoms with Gasteiger partial charge < -0.3 is 5.11 Å². The maximum atomic E-state index is 11.9. The normalized spacial score (nSPS) is 18.5. The monoisotopic (exact) mass is 263 g/mol. The predicted molar refractivity (Wildman–Crippen MR) is 65.3 cm³/mol. The van der Waals surface area contributed by atoms with E-state index in [1.165, 1.54) is 4.31 Å². The van der Waals surface area contributed by atoms with Crippen molar-refractivity contribution in [2.75, 3.05) is 12.3 Å². The molecule has 1 N–H and O–H groups in total. The first-order chi connectivity index (χ1) is 7.97. The highest BCUT2D eigenvalue weighted by atomic mass is 32.2. The van der Waals surface area contributed by atoms with Gasteiger partial charge in [-0.15, -0.1) is 0 Å². The Balaban J connectivity index is 2.73. The number of nitrogens with zero attached hydrogens (tertiary/aromatic N) is 1. The topological polar surface area (TPSA) is 74.7 Å². The van der Waals surface area contributed by atoms with E-state index in [-0.39, 0.29) is 24.8 Å². The average molecular weight is 263 g/mol. The van der Waals surface area contributed by atoms with Gasteiger partial charge in [0.25, 0.3) is 0 Å². The summed E-state index contributed by atoms with van der Waals surface area (Å²) in [6.45, 7) is 1.71. The summed E-state index contributed by atoms with van der Waals surface area (Å²) in [7, 11) is -3.29. The number of sulfonamides is 1. The molecule has 0 heterocycles. The number of hydrogen-bond acceptors (Lipinski definition) is 3. The van der Waals surface area contributed by atoms with E-state index in [0.29, 0.717) is 0 Å². The van der Waals surface area contributed by atoms with Crippen molar-refractivity contribution in [1.82, 2.24) is 4.31 Å². The Morgan fingerprint density at radius 2 is 1.88 bits per heavy atom. The second kappa shape index (κ2) is 6.35. The van der Waals surface area contributed by atoms with Crippen LogP contribution in [0.1, 0.15) is 45.4 Å². The molecule has 5 nitrogen and oxygen atoms in total. The number of rotatable bonds is 6. The molecular formula is C11H21NO4S. The van der Waals surface area contributed by atoms with Crippen molar-refractivity contribution < 1.29 is 18.3 Å². The van der Waals surface area contributed by atoms with E-state index in [9.17, 15) is 13.2 Å². The van der Waals surface area contributed by atoms with E-state index in [2.05, 4.69) is 0 Å². The van der Waals surface area contributed by atoms with E-state index in [4.69, 9.17) is 5.11 Å². The van der Waals surface area contributed by atoms with Crippen LogP contribution in [0.5, 0.6) is 0 Å². The first-order valence-electron chi connectivity index (χ1n) is 6.18. The van der Waals surface area contributed by atoms with E-state index in [1.54, 1.807) is 6.92 Å². The number of aliphatic carboxylic acids is 1. The summed E-state index contributed by atoms with van der Waals surface area (Å²) in [5.41, 5.74) is 0. The zero-order chi connectivity index (χ0) is 12.9. The third-order valence-electron chi connectivity index (χ3n) is 3.25. The fourth-order valence-electron chi connectivity index (χ4n) is 2.29. The SMILES string of the molecule is CCS(=O)(=O)N(CCC(=O)O)C1CCCCC1. The molecule has 1 aliphatic carbocycles.